The van der Waals surface area contributed by atoms with Crippen LogP contribution in [0.3, 0.4) is 0 Å². The minimum Gasteiger partial charge on any atom is -0.418 e. The molecule has 1 N–H and O–H groups in total. The Morgan fingerprint density at radius 3 is 1.62 bits per heavy atom. The second kappa shape index (κ2) is 16.2. The van der Waals surface area contributed by atoms with Gasteiger partial charge in [0, 0.05) is 32.5 Å². The molecule has 0 aliphatic rings. The molecule has 7 heteroatoms. The number of hydrogen-bond acceptors (Lipinski definition) is 5. The summed E-state index contributed by atoms with van der Waals surface area (Å²) in [4.78, 5) is 0. The minimum absolute atomic E-state index is 0.655. The average molecular weight is 408 g/mol. The first kappa shape index (κ1) is 26.2. The van der Waals surface area contributed by atoms with Gasteiger partial charge in [-0.1, -0.05) is 19.3 Å². The first-order valence-electron chi connectivity index (χ1n) is 10.7. The van der Waals surface area contributed by atoms with E-state index in [1.165, 1.54) is 31.7 Å². The monoisotopic (exact) mass is 407 g/mol. The van der Waals surface area contributed by atoms with E-state index in [0.717, 1.165) is 32.2 Å². The molecule has 0 rings (SSSR count). The SMILES string of the molecule is CCO[Si](C)(C)CCCCCCNCCC[Si](OCC)(OCC)OCC. The van der Waals surface area contributed by atoms with Gasteiger partial charge in [-0.3, -0.25) is 0 Å². The molecule has 0 aliphatic heterocycles. The lowest BCUT2D eigenvalue weighted by Gasteiger charge is -2.28. The second-order valence-electron chi connectivity index (χ2n) is 7.19. The van der Waals surface area contributed by atoms with Crippen molar-refractivity contribution in [1.82, 2.24) is 5.32 Å². The zero-order chi connectivity index (χ0) is 19.7. The largest absolute Gasteiger partial charge is 0.500 e. The summed E-state index contributed by atoms with van der Waals surface area (Å²) in [5.41, 5.74) is 0. The molecule has 0 saturated heterocycles. The number of unbranched alkanes of at least 4 members (excludes halogenated alkanes) is 3. The third-order valence-corrected chi connectivity index (χ3v) is 10.1. The summed E-state index contributed by atoms with van der Waals surface area (Å²) in [6.07, 6.45) is 6.23. The van der Waals surface area contributed by atoms with Crippen molar-refractivity contribution in [2.24, 2.45) is 0 Å². The molecule has 5 nitrogen and oxygen atoms in total. The topological polar surface area (TPSA) is 49.0 Å². The van der Waals surface area contributed by atoms with Crippen molar-refractivity contribution in [2.45, 2.75) is 85.0 Å². The fourth-order valence-electron chi connectivity index (χ4n) is 3.17. The molecule has 0 heterocycles. The Balaban J connectivity index is 3.72. The van der Waals surface area contributed by atoms with Gasteiger partial charge in [-0.15, -0.1) is 0 Å². The highest BCUT2D eigenvalue weighted by molar-refractivity contribution is 6.71. The smallest absolute Gasteiger partial charge is 0.418 e. The predicted molar refractivity (Wildman–Crippen MR) is 115 cm³/mol. The lowest BCUT2D eigenvalue weighted by molar-refractivity contribution is 0.0708. The molecule has 26 heavy (non-hydrogen) atoms. The van der Waals surface area contributed by atoms with Crippen LogP contribution in [0.25, 0.3) is 0 Å². The van der Waals surface area contributed by atoms with Crippen molar-refractivity contribution < 1.29 is 17.7 Å². The zero-order valence-electron chi connectivity index (χ0n) is 18.3. The Kier molecular flexibility index (Phi) is 16.4. The van der Waals surface area contributed by atoms with Crippen LogP contribution in [0.15, 0.2) is 0 Å². The van der Waals surface area contributed by atoms with Gasteiger partial charge >= 0.3 is 8.80 Å². The third kappa shape index (κ3) is 13.4. The van der Waals surface area contributed by atoms with E-state index in [1.807, 2.05) is 20.8 Å². The molecule has 0 bridgehead atoms. The van der Waals surface area contributed by atoms with Crippen LogP contribution in [0.4, 0.5) is 0 Å². The zero-order valence-corrected chi connectivity index (χ0v) is 20.3. The highest BCUT2D eigenvalue weighted by Crippen LogP contribution is 2.18. The van der Waals surface area contributed by atoms with Gasteiger partial charge in [0.15, 0.2) is 8.32 Å². The van der Waals surface area contributed by atoms with Gasteiger partial charge in [-0.25, -0.2) is 0 Å². The summed E-state index contributed by atoms with van der Waals surface area (Å²) in [5, 5.41) is 3.55. The molecule has 0 aromatic carbocycles. The molecular formula is C19H45NO4Si2. The fourth-order valence-corrected chi connectivity index (χ4v) is 7.81. The fraction of sp³-hybridized carbons (Fsp3) is 1.00. The molecule has 0 spiro atoms. The molecule has 0 radical (unpaired) electrons. The van der Waals surface area contributed by atoms with Crippen LogP contribution in [0.1, 0.15) is 59.8 Å². The van der Waals surface area contributed by atoms with Crippen LogP contribution in [0.2, 0.25) is 25.2 Å². The first-order valence-corrected chi connectivity index (χ1v) is 15.8. The van der Waals surface area contributed by atoms with Gasteiger partial charge in [0.1, 0.15) is 0 Å². The van der Waals surface area contributed by atoms with Crippen molar-refractivity contribution in [3.8, 4) is 0 Å². The van der Waals surface area contributed by atoms with Gasteiger partial charge in [0.05, 0.1) is 0 Å². The minimum atomic E-state index is -2.45. The quantitative estimate of drug-likeness (QED) is 0.246. The van der Waals surface area contributed by atoms with Crippen LogP contribution in [-0.4, -0.2) is 56.6 Å². The summed E-state index contributed by atoms with van der Waals surface area (Å²) in [7, 11) is -3.83. The third-order valence-electron chi connectivity index (χ3n) is 4.35. The van der Waals surface area contributed by atoms with E-state index in [1.54, 1.807) is 0 Å². The van der Waals surface area contributed by atoms with E-state index in [9.17, 15) is 0 Å². The van der Waals surface area contributed by atoms with E-state index in [2.05, 4.69) is 25.3 Å². The molecule has 0 aromatic rings. The lowest BCUT2D eigenvalue weighted by Crippen LogP contribution is -2.46. The van der Waals surface area contributed by atoms with Gasteiger partial charge in [0.2, 0.25) is 0 Å². The summed E-state index contributed by atoms with van der Waals surface area (Å²) in [5.74, 6) is 0. The molecule has 0 fully saturated rings. The van der Waals surface area contributed by atoms with Crippen LogP contribution < -0.4 is 5.32 Å². The van der Waals surface area contributed by atoms with Gasteiger partial charge in [-0.05, 0) is 72.8 Å². The molecule has 0 saturated carbocycles. The van der Waals surface area contributed by atoms with E-state index in [0.29, 0.717) is 19.8 Å². The number of rotatable bonds is 19. The summed E-state index contributed by atoms with van der Waals surface area (Å²) >= 11 is 0. The highest BCUT2D eigenvalue weighted by Gasteiger charge is 2.39. The van der Waals surface area contributed by atoms with Gasteiger partial charge in [0.25, 0.3) is 0 Å². The van der Waals surface area contributed by atoms with Crippen molar-refractivity contribution in [2.75, 3.05) is 39.5 Å². The highest BCUT2D eigenvalue weighted by atomic mass is 28.4. The van der Waals surface area contributed by atoms with Gasteiger partial charge in [-0.2, -0.15) is 0 Å². The van der Waals surface area contributed by atoms with Crippen LogP contribution in [0.5, 0.6) is 0 Å². The average Bonchev–Trinajstić information content (AvgIpc) is 2.57. The molecular weight excluding hydrogens is 362 g/mol. The molecule has 0 aromatic heterocycles. The van der Waals surface area contributed by atoms with Crippen LogP contribution in [-0.2, 0) is 17.7 Å². The maximum absolute atomic E-state index is 5.89. The Labute approximate surface area is 165 Å². The predicted octanol–water partition coefficient (Wildman–Crippen LogP) is 4.82. The Morgan fingerprint density at radius 1 is 0.577 bits per heavy atom. The summed E-state index contributed by atoms with van der Waals surface area (Å²) in [6.45, 7) is 17.7. The number of hydrogen-bond donors (Lipinski definition) is 1. The van der Waals surface area contributed by atoms with Crippen LogP contribution >= 0.6 is 0 Å². The first-order chi connectivity index (χ1) is 12.4. The Bertz CT molecular complexity index is 303. The maximum Gasteiger partial charge on any atom is 0.500 e. The maximum atomic E-state index is 5.89. The normalized spacial score (nSPS) is 12.7. The van der Waals surface area contributed by atoms with Gasteiger partial charge < -0.3 is 23.0 Å². The molecule has 0 amide bonds. The molecule has 0 unspecified atom stereocenters. The standard InChI is InChI=1S/C19H45NO4Si2/c1-7-21-25(5,6)18-14-12-11-13-16-20-17-15-19-26(22-8-2,23-9-3)24-10-4/h20H,7-19H2,1-6H3. The Morgan fingerprint density at radius 2 is 1.08 bits per heavy atom. The van der Waals surface area contributed by atoms with E-state index >= 15 is 0 Å². The summed E-state index contributed by atoms with van der Waals surface area (Å²) in [6, 6.07) is 2.18. The van der Waals surface area contributed by atoms with Crippen molar-refractivity contribution >= 4 is 17.1 Å². The van der Waals surface area contributed by atoms with E-state index in [-0.39, 0.29) is 0 Å². The van der Waals surface area contributed by atoms with E-state index < -0.39 is 17.1 Å². The van der Waals surface area contributed by atoms with Crippen molar-refractivity contribution in [1.29, 1.82) is 0 Å². The Hall–Kier alpha value is 0.234. The summed E-state index contributed by atoms with van der Waals surface area (Å²) < 4.78 is 23.5. The van der Waals surface area contributed by atoms with E-state index in [4.69, 9.17) is 17.7 Å². The second-order valence-corrected chi connectivity index (χ2v) is 14.2. The molecule has 0 aliphatic carbocycles. The lowest BCUT2D eigenvalue weighted by atomic mass is 10.2. The van der Waals surface area contributed by atoms with Crippen LogP contribution in [0, 0.1) is 0 Å². The molecule has 158 valence electrons. The van der Waals surface area contributed by atoms with Crippen molar-refractivity contribution in [3.05, 3.63) is 0 Å². The molecule has 0 atom stereocenters. The van der Waals surface area contributed by atoms with Crippen molar-refractivity contribution in [3.63, 3.8) is 0 Å². The number of nitrogens with one attached hydrogen (secondary N) is 1.